The molecule has 2 amide bonds. The monoisotopic (exact) mass is 370 g/mol. The quantitative estimate of drug-likeness (QED) is 0.876. The van der Waals surface area contributed by atoms with Crippen LogP contribution in [0.3, 0.4) is 0 Å². The Hall–Kier alpha value is -2.08. The number of para-hydroxylation sites is 2. The Bertz CT molecular complexity index is 735. The number of hydrogen-bond acceptors (Lipinski definition) is 4. The highest BCUT2D eigenvalue weighted by Gasteiger charge is 2.28. The van der Waals surface area contributed by atoms with Crippen molar-refractivity contribution in [2.45, 2.75) is 38.5 Å². The minimum atomic E-state index is 0.0454. The molecule has 2 aliphatic heterocycles. The summed E-state index contributed by atoms with van der Waals surface area (Å²) < 4.78 is 5.93. The van der Waals surface area contributed by atoms with Gasteiger partial charge in [-0.25, -0.2) is 9.78 Å². The summed E-state index contributed by atoms with van der Waals surface area (Å²) in [7, 11) is 0. The first kappa shape index (κ1) is 18.3. The number of fused-ring (bicyclic) bond motifs is 1. The number of oxazole rings is 1. The molecule has 0 aliphatic carbocycles. The van der Waals surface area contributed by atoms with Crippen LogP contribution in [0.4, 0.5) is 4.79 Å². The number of rotatable bonds is 5. The van der Waals surface area contributed by atoms with E-state index in [-0.39, 0.29) is 11.9 Å². The van der Waals surface area contributed by atoms with E-state index >= 15 is 0 Å². The summed E-state index contributed by atoms with van der Waals surface area (Å²) in [5, 5.41) is 3.13. The van der Waals surface area contributed by atoms with Gasteiger partial charge in [0.2, 0.25) is 0 Å². The third-order valence-electron chi connectivity index (χ3n) is 5.74. The molecule has 2 atom stereocenters. The Morgan fingerprint density at radius 2 is 2.07 bits per heavy atom. The van der Waals surface area contributed by atoms with Gasteiger partial charge in [0.25, 0.3) is 0 Å². The van der Waals surface area contributed by atoms with Crippen molar-refractivity contribution in [3.63, 3.8) is 0 Å². The van der Waals surface area contributed by atoms with Crippen LogP contribution in [-0.4, -0.2) is 60.1 Å². The van der Waals surface area contributed by atoms with Gasteiger partial charge in [-0.2, -0.15) is 0 Å². The second kappa shape index (κ2) is 8.30. The van der Waals surface area contributed by atoms with E-state index in [1.807, 2.05) is 29.2 Å². The highest BCUT2D eigenvalue weighted by molar-refractivity contribution is 5.74. The Kier molecular flexibility index (Phi) is 5.62. The number of aromatic nitrogens is 1. The molecule has 6 heteroatoms. The first-order valence-electron chi connectivity index (χ1n) is 10.3. The smallest absolute Gasteiger partial charge is 0.317 e. The molecule has 1 N–H and O–H groups in total. The van der Waals surface area contributed by atoms with Crippen molar-refractivity contribution in [1.29, 1.82) is 0 Å². The number of carbonyl (C=O) groups is 1. The number of amides is 2. The molecular formula is C21H30N4O2. The molecule has 146 valence electrons. The fourth-order valence-corrected chi connectivity index (χ4v) is 4.27. The summed E-state index contributed by atoms with van der Waals surface area (Å²) in [6.07, 6.45) is 4.62. The lowest BCUT2D eigenvalue weighted by atomic mass is 9.98. The van der Waals surface area contributed by atoms with Crippen molar-refractivity contribution in [3.05, 3.63) is 30.2 Å². The largest absolute Gasteiger partial charge is 0.440 e. The number of nitrogens with zero attached hydrogens (tertiary/aromatic N) is 3. The predicted octanol–water partition coefficient (Wildman–Crippen LogP) is 3.45. The van der Waals surface area contributed by atoms with E-state index in [1.165, 1.54) is 25.9 Å². The van der Waals surface area contributed by atoms with Gasteiger partial charge in [0.15, 0.2) is 11.5 Å². The number of hydrogen-bond donors (Lipinski definition) is 1. The number of urea groups is 1. The fourth-order valence-electron chi connectivity index (χ4n) is 4.27. The third kappa shape index (κ3) is 4.43. The molecule has 4 rings (SSSR count). The average molecular weight is 370 g/mol. The van der Waals surface area contributed by atoms with Crippen molar-refractivity contribution in [3.8, 4) is 0 Å². The van der Waals surface area contributed by atoms with Crippen molar-refractivity contribution < 1.29 is 9.21 Å². The zero-order chi connectivity index (χ0) is 18.6. The first-order chi connectivity index (χ1) is 13.2. The molecule has 6 nitrogen and oxygen atoms in total. The maximum Gasteiger partial charge on any atom is 0.317 e. The molecule has 2 fully saturated rings. The van der Waals surface area contributed by atoms with E-state index in [1.54, 1.807) is 0 Å². The molecule has 2 saturated heterocycles. The normalized spacial score (nSPS) is 22.3. The molecule has 0 bridgehead atoms. The highest BCUT2D eigenvalue weighted by atomic mass is 16.3. The molecule has 0 saturated carbocycles. The van der Waals surface area contributed by atoms with E-state index in [0.29, 0.717) is 12.5 Å². The van der Waals surface area contributed by atoms with E-state index in [4.69, 9.17) is 4.42 Å². The highest BCUT2D eigenvalue weighted by Crippen LogP contribution is 2.29. The molecule has 0 spiro atoms. The minimum absolute atomic E-state index is 0.0454. The maximum atomic E-state index is 12.6. The number of likely N-dealkylation sites (tertiary alicyclic amines) is 2. The van der Waals surface area contributed by atoms with Crippen LogP contribution in [0.25, 0.3) is 11.1 Å². The zero-order valence-electron chi connectivity index (χ0n) is 16.2. The van der Waals surface area contributed by atoms with Crippen LogP contribution in [-0.2, 0) is 0 Å². The van der Waals surface area contributed by atoms with Gasteiger partial charge in [0, 0.05) is 26.2 Å². The van der Waals surface area contributed by atoms with Crippen molar-refractivity contribution in [2.24, 2.45) is 5.92 Å². The molecule has 2 unspecified atom stereocenters. The Morgan fingerprint density at radius 3 is 2.89 bits per heavy atom. The minimum Gasteiger partial charge on any atom is -0.440 e. The third-order valence-corrected chi connectivity index (χ3v) is 5.74. The molecule has 2 aliphatic rings. The average Bonchev–Trinajstić information content (AvgIpc) is 3.35. The summed E-state index contributed by atoms with van der Waals surface area (Å²) in [5.41, 5.74) is 1.72. The van der Waals surface area contributed by atoms with Crippen LogP contribution in [0, 0.1) is 5.92 Å². The first-order valence-corrected chi connectivity index (χ1v) is 10.3. The van der Waals surface area contributed by atoms with Crippen LogP contribution >= 0.6 is 0 Å². The SMILES string of the molecule is CC(CNC(=O)N1CCCC(c2nc3ccccc3o2)C1)CN1CCCC1. The molecule has 1 aromatic carbocycles. The van der Waals surface area contributed by atoms with Crippen LogP contribution in [0.2, 0.25) is 0 Å². The van der Waals surface area contributed by atoms with Gasteiger partial charge in [-0.15, -0.1) is 0 Å². The number of carbonyl (C=O) groups excluding carboxylic acids is 1. The standard InChI is InChI=1S/C21H30N4O2/c1-16(14-24-10-4-5-11-24)13-22-21(26)25-12-6-7-17(15-25)20-23-18-8-2-3-9-19(18)27-20/h2-3,8-9,16-17H,4-7,10-15H2,1H3,(H,22,26). The summed E-state index contributed by atoms with van der Waals surface area (Å²) in [4.78, 5) is 21.7. The van der Waals surface area contributed by atoms with Crippen molar-refractivity contribution >= 4 is 17.1 Å². The van der Waals surface area contributed by atoms with Crippen LogP contribution < -0.4 is 5.32 Å². The lowest BCUT2D eigenvalue weighted by Gasteiger charge is -2.31. The predicted molar refractivity (Wildman–Crippen MR) is 106 cm³/mol. The van der Waals surface area contributed by atoms with E-state index < -0.39 is 0 Å². The van der Waals surface area contributed by atoms with Crippen LogP contribution in [0.15, 0.2) is 28.7 Å². The summed E-state index contributed by atoms with van der Waals surface area (Å²) in [5.74, 6) is 1.42. The van der Waals surface area contributed by atoms with Crippen molar-refractivity contribution in [2.75, 3.05) is 39.3 Å². The molecular weight excluding hydrogens is 340 g/mol. The molecule has 1 aromatic heterocycles. The van der Waals surface area contributed by atoms with E-state index in [2.05, 4.69) is 22.1 Å². The second-order valence-electron chi connectivity index (χ2n) is 8.10. The molecule has 27 heavy (non-hydrogen) atoms. The van der Waals surface area contributed by atoms with Gasteiger partial charge in [-0.3, -0.25) is 0 Å². The number of benzene rings is 1. The lowest BCUT2D eigenvalue weighted by molar-refractivity contribution is 0.172. The number of nitrogens with one attached hydrogen (secondary N) is 1. The van der Waals surface area contributed by atoms with Gasteiger partial charge in [-0.05, 0) is 56.8 Å². The van der Waals surface area contributed by atoms with E-state index in [9.17, 15) is 4.79 Å². The van der Waals surface area contributed by atoms with E-state index in [0.717, 1.165) is 49.5 Å². The lowest BCUT2D eigenvalue weighted by Crippen LogP contribution is -2.46. The van der Waals surface area contributed by atoms with Crippen molar-refractivity contribution in [1.82, 2.24) is 20.1 Å². The summed E-state index contributed by atoms with van der Waals surface area (Å²) in [6, 6.07) is 7.89. The Labute approximate surface area is 160 Å². The Morgan fingerprint density at radius 1 is 1.26 bits per heavy atom. The molecule has 3 heterocycles. The van der Waals surface area contributed by atoms with Gasteiger partial charge < -0.3 is 19.5 Å². The maximum absolute atomic E-state index is 12.6. The zero-order valence-corrected chi connectivity index (χ0v) is 16.2. The van der Waals surface area contributed by atoms with Crippen LogP contribution in [0.1, 0.15) is 44.4 Å². The number of piperidine rings is 1. The summed E-state index contributed by atoms with van der Waals surface area (Å²) >= 11 is 0. The van der Waals surface area contributed by atoms with Gasteiger partial charge in [-0.1, -0.05) is 19.1 Å². The van der Waals surface area contributed by atoms with Gasteiger partial charge in [0.1, 0.15) is 5.52 Å². The summed E-state index contributed by atoms with van der Waals surface area (Å²) in [6.45, 7) is 7.93. The molecule has 2 aromatic rings. The second-order valence-corrected chi connectivity index (χ2v) is 8.10. The fraction of sp³-hybridized carbons (Fsp3) is 0.619. The van der Waals surface area contributed by atoms with Gasteiger partial charge >= 0.3 is 6.03 Å². The molecule has 0 radical (unpaired) electrons. The topological polar surface area (TPSA) is 61.6 Å². The van der Waals surface area contributed by atoms with Crippen LogP contribution in [0.5, 0.6) is 0 Å². The Balaban J connectivity index is 1.30. The van der Waals surface area contributed by atoms with Gasteiger partial charge in [0.05, 0.1) is 5.92 Å².